The van der Waals surface area contributed by atoms with Gasteiger partial charge in [0.25, 0.3) is 0 Å². The minimum atomic E-state index is -0.492. The van der Waals surface area contributed by atoms with Gasteiger partial charge in [0.15, 0.2) is 0 Å². The topological polar surface area (TPSA) is 115 Å². The second-order valence-corrected chi connectivity index (χ2v) is 12.3. The van der Waals surface area contributed by atoms with Crippen molar-refractivity contribution < 1.29 is 19.4 Å². The molecule has 1 amide bonds. The van der Waals surface area contributed by atoms with Gasteiger partial charge in [-0.15, -0.1) is 11.3 Å². The lowest BCUT2D eigenvalue weighted by molar-refractivity contribution is 0.0443. The molecule has 1 aliphatic carbocycles. The number of piperazine rings is 1. The molecule has 38 heavy (non-hydrogen) atoms. The molecular weight excluding hydrogens is 506 g/mol. The average molecular weight is 548 g/mol. The number of amides is 1. The number of hydrogen-bond donors (Lipinski definition) is 3. The first kappa shape index (κ1) is 27.3. The van der Waals surface area contributed by atoms with Gasteiger partial charge < -0.3 is 30.1 Å². The zero-order valence-electron chi connectivity index (χ0n) is 22.7. The van der Waals surface area contributed by atoms with Crippen LogP contribution in [0.25, 0.3) is 10.2 Å². The number of carbonyl (C=O) groups excluding carboxylic acids is 1. The Morgan fingerprint density at radius 3 is 2.71 bits per heavy atom. The maximum absolute atomic E-state index is 12.0. The first-order chi connectivity index (χ1) is 18.3. The number of ether oxygens (including phenoxy) is 2. The summed E-state index contributed by atoms with van der Waals surface area (Å²) >= 11 is 1.66. The number of nitrogens with one attached hydrogen (secondary N) is 2. The molecule has 12 heteroatoms. The Labute approximate surface area is 228 Å². The van der Waals surface area contributed by atoms with E-state index >= 15 is 0 Å². The number of rotatable bonds is 11. The van der Waals surface area contributed by atoms with Crippen LogP contribution in [0.3, 0.4) is 0 Å². The summed E-state index contributed by atoms with van der Waals surface area (Å²) in [6, 6.07) is 2.88. The van der Waals surface area contributed by atoms with E-state index in [1.165, 1.54) is 0 Å². The van der Waals surface area contributed by atoms with Gasteiger partial charge in [-0.1, -0.05) is 0 Å². The number of aliphatic hydroxyl groups excluding tert-OH is 1. The van der Waals surface area contributed by atoms with Gasteiger partial charge in [0.2, 0.25) is 5.95 Å². The Balaban J connectivity index is 1.09. The van der Waals surface area contributed by atoms with Gasteiger partial charge in [-0.05, 0) is 44.6 Å². The van der Waals surface area contributed by atoms with Crippen LogP contribution < -0.4 is 15.5 Å². The third kappa shape index (κ3) is 7.03. The average Bonchev–Trinajstić information content (AvgIpc) is 3.40. The molecule has 0 bridgehead atoms. The first-order valence-electron chi connectivity index (χ1n) is 13.7. The highest BCUT2D eigenvalue weighted by molar-refractivity contribution is 7.17. The van der Waals surface area contributed by atoms with E-state index < -0.39 is 5.60 Å². The largest absolute Gasteiger partial charge is 0.444 e. The molecule has 2 unspecified atom stereocenters. The van der Waals surface area contributed by atoms with Crippen LogP contribution >= 0.6 is 11.3 Å². The lowest BCUT2D eigenvalue weighted by Gasteiger charge is -2.48. The van der Waals surface area contributed by atoms with Crippen molar-refractivity contribution >= 4 is 39.4 Å². The van der Waals surface area contributed by atoms with Crippen LogP contribution in [-0.4, -0.2) is 121 Å². The Kier molecular flexibility index (Phi) is 8.53. The Morgan fingerprint density at radius 2 is 1.97 bits per heavy atom. The van der Waals surface area contributed by atoms with Crippen molar-refractivity contribution in [3.8, 4) is 0 Å². The lowest BCUT2D eigenvalue weighted by Crippen LogP contribution is -2.63. The summed E-state index contributed by atoms with van der Waals surface area (Å²) in [4.78, 5) is 29.1. The Morgan fingerprint density at radius 1 is 1.18 bits per heavy atom. The van der Waals surface area contributed by atoms with Gasteiger partial charge in [-0.25, -0.2) is 9.78 Å². The molecule has 2 aromatic rings. The van der Waals surface area contributed by atoms with E-state index in [1.54, 1.807) is 11.3 Å². The zero-order valence-corrected chi connectivity index (χ0v) is 23.5. The first-order valence-corrected chi connectivity index (χ1v) is 14.6. The molecule has 0 aromatic carbocycles. The fourth-order valence-electron chi connectivity index (χ4n) is 5.01. The van der Waals surface area contributed by atoms with Gasteiger partial charge in [0.05, 0.1) is 30.0 Å². The molecule has 5 rings (SSSR count). The number of thiophene rings is 1. The van der Waals surface area contributed by atoms with Crippen LogP contribution in [0.1, 0.15) is 27.2 Å². The maximum Gasteiger partial charge on any atom is 0.407 e. The van der Waals surface area contributed by atoms with E-state index in [0.717, 1.165) is 74.2 Å². The monoisotopic (exact) mass is 547 g/mol. The zero-order chi connectivity index (χ0) is 26.7. The highest BCUT2D eigenvalue weighted by Gasteiger charge is 2.39. The molecule has 3 fully saturated rings. The van der Waals surface area contributed by atoms with Crippen LogP contribution in [0.2, 0.25) is 0 Å². The lowest BCUT2D eigenvalue weighted by atomic mass is 10.1. The second kappa shape index (κ2) is 11.9. The van der Waals surface area contributed by atoms with E-state index in [0.29, 0.717) is 31.7 Å². The molecule has 2 aromatic heterocycles. The van der Waals surface area contributed by atoms with Gasteiger partial charge in [-0.2, -0.15) is 4.98 Å². The summed E-state index contributed by atoms with van der Waals surface area (Å²) in [7, 11) is 0. The van der Waals surface area contributed by atoms with Crippen molar-refractivity contribution in [1.82, 2.24) is 25.1 Å². The third-order valence-corrected chi connectivity index (χ3v) is 8.21. The summed E-state index contributed by atoms with van der Waals surface area (Å²) in [5.74, 6) is 2.05. The van der Waals surface area contributed by atoms with Crippen molar-refractivity contribution in [3.05, 3.63) is 11.4 Å². The van der Waals surface area contributed by atoms with Crippen LogP contribution in [0.5, 0.6) is 0 Å². The molecule has 2 atom stereocenters. The number of carbonyl (C=O) groups is 1. The highest BCUT2D eigenvalue weighted by atomic mass is 32.1. The van der Waals surface area contributed by atoms with Gasteiger partial charge >= 0.3 is 6.09 Å². The molecule has 2 saturated heterocycles. The number of aromatic nitrogens is 2. The van der Waals surface area contributed by atoms with Gasteiger partial charge in [0.1, 0.15) is 11.4 Å². The van der Waals surface area contributed by atoms with Crippen molar-refractivity contribution in [3.63, 3.8) is 0 Å². The van der Waals surface area contributed by atoms with E-state index in [-0.39, 0.29) is 18.7 Å². The predicted molar refractivity (Wildman–Crippen MR) is 149 cm³/mol. The number of nitrogens with zero attached hydrogens (tertiary/aromatic N) is 5. The van der Waals surface area contributed by atoms with Crippen molar-refractivity contribution in [2.75, 3.05) is 82.4 Å². The molecule has 4 heterocycles. The smallest absolute Gasteiger partial charge is 0.407 e. The molecule has 0 spiro atoms. The molecule has 11 nitrogen and oxygen atoms in total. The van der Waals surface area contributed by atoms with E-state index in [9.17, 15) is 4.79 Å². The number of anilines is 2. The molecule has 210 valence electrons. The molecule has 3 aliphatic rings. The minimum absolute atomic E-state index is 0.0843. The number of aliphatic hydroxyl groups is 1. The maximum atomic E-state index is 12.0. The number of fused-ring (bicyclic) bond motifs is 1. The minimum Gasteiger partial charge on any atom is -0.444 e. The fourth-order valence-corrected chi connectivity index (χ4v) is 5.79. The van der Waals surface area contributed by atoms with Crippen molar-refractivity contribution in [1.29, 1.82) is 0 Å². The fraction of sp³-hybridized carbons (Fsp3) is 0.731. The summed E-state index contributed by atoms with van der Waals surface area (Å²) in [6.07, 6.45) is 0.627. The predicted octanol–water partition coefficient (Wildman–Crippen LogP) is 1.83. The van der Waals surface area contributed by atoms with Crippen molar-refractivity contribution in [2.45, 2.75) is 44.9 Å². The molecular formula is C26H41N7O4S. The van der Waals surface area contributed by atoms with Gasteiger partial charge in [0, 0.05) is 64.4 Å². The summed E-state index contributed by atoms with van der Waals surface area (Å²) < 4.78 is 11.8. The van der Waals surface area contributed by atoms with Crippen LogP contribution in [0.4, 0.5) is 16.6 Å². The van der Waals surface area contributed by atoms with Crippen LogP contribution in [0, 0.1) is 5.92 Å². The molecule has 1 saturated carbocycles. The molecule has 0 radical (unpaired) electrons. The summed E-state index contributed by atoms with van der Waals surface area (Å²) in [6.45, 7) is 14.4. The SMILES string of the molecule is CC(C)(C)OC(=O)NCC1CC1Nc1nc(N2CC(N3CCN(CCOCCO)CC3)C2)nc2ccsc12. The summed E-state index contributed by atoms with van der Waals surface area (Å²) in [5.41, 5.74) is 0.487. The van der Waals surface area contributed by atoms with E-state index in [2.05, 4.69) is 36.8 Å². The highest BCUT2D eigenvalue weighted by Crippen LogP contribution is 2.37. The van der Waals surface area contributed by atoms with Crippen LogP contribution in [-0.2, 0) is 9.47 Å². The van der Waals surface area contributed by atoms with Crippen molar-refractivity contribution in [2.24, 2.45) is 5.92 Å². The molecule has 3 N–H and O–H groups in total. The Hall–Kier alpha value is -2.25. The Bertz CT molecular complexity index is 1080. The summed E-state index contributed by atoms with van der Waals surface area (Å²) in [5, 5.41) is 17.4. The van der Waals surface area contributed by atoms with E-state index in [4.69, 9.17) is 24.5 Å². The van der Waals surface area contributed by atoms with Gasteiger partial charge in [-0.3, -0.25) is 9.80 Å². The molecule has 2 aliphatic heterocycles. The van der Waals surface area contributed by atoms with Crippen LogP contribution in [0.15, 0.2) is 11.4 Å². The van der Waals surface area contributed by atoms with E-state index in [1.807, 2.05) is 20.8 Å². The standard InChI is InChI=1S/C26H41N7O4S/c1-26(2,3)37-25(35)27-15-18-14-21(18)28-23-22-20(4-13-38-22)29-24(30-23)33-16-19(17-33)32-7-5-31(6-8-32)9-11-36-12-10-34/h4,13,18-19,21,34H,5-12,14-17H2,1-3H3,(H,27,35)(H,28,29,30). The normalized spacial score (nSPS) is 22.9. The number of alkyl carbamates (subject to hydrolysis) is 1. The quantitative estimate of drug-likeness (QED) is 0.360. The number of hydrogen-bond acceptors (Lipinski definition) is 11. The third-order valence-electron chi connectivity index (χ3n) is 7.30. The second-order valence-electron chi connectivity index (χ2n) is 11.4.